The summed E-state index contributed by atoms with van der Waals surface area (Å²) in [7, 11) is 3.60. The van der Waals surface area contributed by atoms with Crippen molar-refractivity contribution in [1.29, 1.82) is 0 Å². The normalized spacial score (nSPS) is 16.9. The molecule has 2 aromatic rings. The summed E-state index contributed by atoms with van der Waals surface area (Å²) in [6.07, 6.45) is 5.64. The van der Waals surface area contributed by atoms with E-state index in [1.54, 1.807) is 36.2 Å². The van der Waals surface area contributed by atoms with Gasteiger partial charge in [0.05, 0.1) is 51.6 Å². The number of carbonyl (C=O) groups excluding carboxylic acids is 10. The van der Waals surface area contributed by atoms with Gasteiger partial charge in [-0.05, 0) is 89.1 Å². The lowest BCUT2D eigenvalue weighted by molar-refractivity contribution is -0.149. The number of amides is 9. The van der Waals surface area contributed by atoms with Crippen LogP contribution >= 0.6 is 11.3 Å². The van der Waals surface area contributed by atoms with Crippen LogP contribution in [0.2, 0.25) is 0 Å². The van der Waals surface area contributed by atoms with Crippen molar-refractivity contribution in [1.82, 2.24) is 46.3 Å². The van der Waals surface area contributed by atoms with Gasteiger partial charge >= 0.3 is 11.9 Å². The lowest BCUT2D eigenvalue weighted by Crippen LogP contribution is -2.58. The van der Waals surface area contributed by atoms with Crippen LogP contribution in [-0.2, 0) is 73.3 Å². The first kappa shape index (κ1) is 73.3. The molecule has 26 nitrogen and oxygen atoms in total. The highest BCUT2D eigenvalue weighted by Crippen LogP contribution is 2.31. The van der Waals surface area contributed by atoms with E-state index in [1.165, 1.54) is 45.2 Å². The number of aliphatic carboxylic acids is 1. The minimum Gasteiger partial charge on any atom is -0.481 e. The number of anilines is 1. The van der Waals surface area contributed by atoms with Crippen molar-refractivity contribution in [2.24, 2.45) is 17.8 Å². The van der Waals surface area contributed by atoms with Crippen molar-refractivity contribution < 1.29 is 76.8 Å². The molecule has 488 valence electrons. The fraction of sp³-hybridized carbons (Fsp3) is 0.639. The standard InChI is InChI=1S/C61H92N10O16S/c1-11-38(4)54(68-58(80)47-15-12-13-25-69(47)9)60(81)70(10)48(37(2)3)35-49(87-42(8)72)59-67-46(36-88-59)57(79)66-45(33-39(5)61(82)83)34-43-17-19-44(20-18-43)65-56(78)41(7)64-55(77)40(6)63-51(74)23-27-84-29-31-86-32-30-85-28-24-62-50(73)16-14-26-71-52(75)21-22-53(71)76/h17-22,36-41,45,47-49,54H,11-16,23-35H2,1-10H3,(H,62,73)(H,63,74)(H,64,77)(H,65,78)(H,66,79)(H,68,80)(H,82,83)/t38?,39?,40?,41?,45?,47-,48?,49?,54?/m1/s1. The number of nitrogens with zero attached hydrogens (tertiary/aromatic N) is 4. The van der Waals surface area contributed by atoms with E-state index in [2.05, 4.69) is 36.9 Å². The summed E-state index contributed by atoms with van der Waals surface area (Å²) >= 11 is 1.11. The number of hydrogen-bond donors (Lipinski definition) is 7. The molecule has 9 atom stereocenters. The second kappa shape index (κ2) is 37.6. The van der Waals surface area contributed by atoms with Crippen LogP contribution in [0.5, 0.6) is 0 Å². The van der Waals surface area contributed by atoms with Crippen LogP contribution in [0.4, 0.5) is 5.69 Å². The van der Waals surface area contributed by atoms with Crippen LogP contribution in [0.3, 0.4) is 0 Å². The van der Waals surface area contributed by atoms with Crippen molar-refractivity contribution in [3.8, 4) is 0 Å². The molecule has 7 N–H and O–H groups in total. The Morgan fingerprint density at radius 2 is 1.42 bits per heavy atom. The molecular formula is C61H92N10O16S. The summed E-state index contributed by atoms with van der Waals surface area (Å²) in [4.78, 5) is 150. The highest BCUT2D eigenvalue weighted by Gasteiger charge is 2.38. The van der Waals surface area contributed by atoms with Gasteiger partial charge in [0.1, 0.15) is 28.8 Å². The third-order valence-electron chi connectivity index (χ3n) is 15.4. The van der Waals surface area contributed by atoms with E-state index in [1.807, 2.05) is 39.6 Å². The highest BCUT2D eigenvalue weighted by atomic mass is 32.1. The van der Waals surface area contributed by atoms with Crippen LogP contribution in [0, 0.1) is 17.8 Å². The van der Waals surface area contributed by atoms with Crippen molar-refractivity contribution in [2.75, 3.05) is 78.7 Å². The molecule has 3 heterocycles. The van der Waals surface area contributed by atoms with E-state index in [0.29, 0.717) is 35.5 Å². The number of carboxylic acid groups (broad SMARTS) is 1. The lowest BCUT2D eigenvalue weighted by Gasteiger charge is -2.38. The molecule has 0 spiro atoms. The quantitative estimate of drug-likeness (QED) is 0.0287. The number of carboxylic acids is 1. The summed E-state index contributed by atoms with van der Waals surface area (Å²) < 4.78 is 22.2. The first-order valence-electron chi connectivity index (χ1n) is 30.3. The van der Waals surface area contributed by atoms with Gasteiger partial charge in [0.2, 0.25) is 35.4 Å². The molecule has 0 aliphatic carbocycles. The SMILES string of the molecule is CCC(C)C(NC(=O)[C@H]1CCCCN1C)C(=O)N(C)C(CC(OC(C)=O)c1nc(C(=O)NC(Cc2ccc(NC(=O)C(C)NC(=O)C(C)NC(=O)CCOCCOCCOCCNC(=O)CCCN3C(=O)C=CC3=O)cc2)CC(C)C(=O)O)cs1)C(C)C. The molecule has 2 aliphatic heterocycles. The minimum atomic E-state index is -1.06. The smallest absolute Gasteiger partial charge is 0.306 e. The summed E-state index contributed by atoms with van der Waals surface area (Å²) in [6.45, 7) is 16.2. The van der Waals surface area contributed by atoms with Crippen molar-refractivity contribution in [3.05, 3.63) is 58.1 Å². The van der Waals surface area contributed by atoms with Gasteiger partial charge in [-0.2, -0.15) is 0 Å². The van der Waals surface area contributed by atoms with Gasteiger partial charge < -0.3 is 60.9 Å². The molecule has 4 rings (SSSR count). The number of likely N-dealkylation sites (N-methyl/N-ethyl adjacent to an activating group) is 2. The predicted molar refractivity (Wildman–Crippen MR) is 326 cm³/mol. The van der Waals surface area contributed by atoms with Crippen molar-refractivity contribution in [3.63, 3.8) is 0 Å². The third-order valence-corrected chi connectivity index (χ3v) is 16.3. The van der Waals surface area contributed by atoms with Gasteiger partial charge in [0.25, 0.3) is 17.7 Å². The van der Waals surface area contributed by atoms with E-state index < -0.39 is 77.8 Å². The molecule has 27 heteroatoms. The zero-order valence-electron chi connectivity index (χ0n) is 52.5. The van der Waals surface area contributed by atoms with Crippen LogP contribution in [0.1, 0.15) is 140 Å². The van der Waals surface area contributed by atoms with E-state index >= 15 is 0 Å². The van der Waals surface area contributed by atoms with Crippen molar-refractivity contribution in [2.45, 2.75) is 162 Å². The third kappa shape index (κ3) is 24.8. The average Bonchev–Trinajstić information content (AvgIpc) is 2.06. The molecule has 1 saturated heterocycles. The maximum Gasteiger partial charge on any atom is 0.306 e. The second-order valence-corrected chi connectivity index (χ2v) is 23.7. The molecular weight excluding hydrogens is 1160 g/mol. The Bertz CT molecular complexity index is 2690. The Balaban J connectivity index is 1.21. The second-order valence-electron chi connectivity index (χ2n) is 22.8. The largest absolute Gasteiger partial charge is 0.481 e. The number of benzene rings is 1. The van der Waals surface area contributed by atoms with E-state index in [4.69, 9.17) is 18.9 Å². The van der Waals surface area contributed by atoms with Crippen LogP contribution in [0.15, 0.2) is 41.8 Å². The number of hydrogen-bond acceptors (Lipinski definition) is 18. The Morgan fingerprint density at radius 3 is 2.03 bits per heavy atom. The summed E-state index contributed by atoms with van der Waals surface area (Å²) in [5, 5.41) is 28.3. The number of rotatable bonds is 39. The van der Waals surface area contributed by atoms with Gasteiger partial charge in [-0.15, -0.1) is 11.3 Å². The van der Waals surface area contributed by atoms with Gasteiger partial charge in [0.15, 0.2) is 6.10 Å². The van der Waals surface area contributed by atoms with Gasteiger partial charge in [-0.25, -0.2) is 4.98 Å². The first-order valence-corrected chi connectivity index (χ1v) is 31.1. The lowest BCUT2D eigenvalue weighted by atomic mass is 9.92. The summed E-state index contributed by atoms with van der Waals surface area (Å²) in [6, 6.07) is 2.43. The Labute approximate surface area is 519 Å². The number of esters is 1. The number of imide groups is 1. The first-order chi connectivity index (χ1) is 41.8. The van der Waals surface area contributed by atoms with Crippen LogP contribution < -0.4 is 31.9 Å². The number of nitrogens with one attached hydrogen (secondary N) is 6. The van der Waals surface area contributed by atoms with E-state index in [9.17, 15) is 57.8 Å². The molecule has 1 aromatic carbocycles. The fourth-order valence-electron chi connectivity index (χ4n) is 9.89. The van der Waals surface area contributed by atoms with E-state index in [-0.39, 0.29) is 138 Å². The number of carbonyl (C=O) groups is 11. The Hall–Kier alpha value is -7.20. The number of piperidine rings is 1. The highest BCUT2D eigenvalue weighted by molar-refractivity contribution is 7.09. The molecule has 2 aliphatic rings. The van der Waals surface area contributed by atoms with Crippen LogP contribution in [-0.4, -0.2) is 200 Å². The predicted octanol–water partition coefficient (Wildman–Crippen LogP) is 3.30. The fourth-order valence-corrected chi connectivity index (χ4v) is 10.7. The number of thiazole rings is 1. The molecule has 0 radical (unpaired) electrons. The van der Waals surface area contributed by atoms with Gasteiger partial charge in [-0.3, -0.25) is 62.5 Å². The molecule has 8 unspecified atom stereocenters. The number of aromatic nitrogens is 1. The zero-order chi connectivity index (χ0) is 65.0. The maximum atomic E-state index is 14.4. The monoisotopic (exact) mass is 1250 g/mol. The molecule has 1 aromatic heterocycles. The maximum absolute atomic E-state index is 14.4. The zero-order valence-corrected chi connectivity index (χ0v) is 53.3. The molecule has 88 heavy (non-hydrogen) atoms. The van der Waals surface area contributed by atoms with Crippen LogP contribution in [0.25, 0.3) is 0 Å². The van der Waals surface area contributed by atoms with E-state index in [0.717, 1.165) is 35.6 Å². The number of likely N-dealkylation sites (tertiary alicyclic amines) is 1. The van der Waals surface area contributed by atoms with Crippen molar-refractivity contribution >= 4 is 82.1 Å². The molecule has 1 fully saturated rings. The Kier molecular flexibility index (Phi) is 31.3. The molecule has 9 amide bonds. The molecule has 0 bridgehead atoms. The summed E-state index contributed by atoms with van der Waals surface area (Å²) in [5.41, 5.74) is 1.12. The Morgan fingerprint density at radius 1 is 0.784 bits per heavy atom. The molecule has 0 saturated carbocycles. The number of ether oxygens (including phenoxy) is 4. The average molecular weight is 1250 g/mol. The minimum absolute atomic E-state index is 0.0183. The van der Waals surface area contributed by atoms with Gasteiger partial charge in [0, 0.05) is 81.6 Å². The topological polar surface area (TPSA) is 340 Å². The van der Waals surface area contributed by atoms with Gasteiger partial charge in [-0.1, -0.05) is 59.6 Å². The summed E-state index contributed by atoms with van der Waals surface area (Å²) in [5.74, 6) is -6.38.